The number of amides is 2. The van der Waals surface area contributed by atoms with Crippen LogP contribution in [0.15, 0.2) is 18.2 Å². The summed E-state index contributed by atoms with van der Waals surface area (Å²) in [6.07, 6.45) is 3.46. The van der Waals surface area contributed by atoms with E-state index in [1.54, 1.807) is 11.8 Å². The molecule has 2 aliphatic rings. The zero-order valence-corrected chi connectivity index (χ0v) is 14.2. The summed E-state index contributed by atoms with van der Waals surface area (Å²) in [6, 6.07) is 4.35. The summed E-state index contributed by atoms with van der Waals surface area (Å²) in [7, 11) is 0. The lowest BCUT2D eigenvalue weighted by molar-refractivity contribution is -0.133. The topological polar surface area (TPSA) is 87.2 Å². The molecule has 1 N–H and O–H groups in total. The number of rotatable bonds is 3. The Morgan fingerprint density at radius 2 is 1.88 bits per heavy atom. The van der Waals surface area contributed by atoms with Crippen molar-refractivity contribution in [2.24, 2.45) is 0 Å². The number of carboxylic acids is 1. The predicted molar refractivity (Wildman–Crippen MR) is 90.9 cm³/mol. The van der Waals surface area contributed by atoms with Crippen LogP contribution in [0.3, 0.4) is 0 Å². The molecule has 0 aromatic heterocycles. The molecule has 1 atom stereocenters. The van der Waals surface area contributed by atoms with E-state index in [-0.39, 0.29) is 23.9 Å². The van der Waals surface area contributed by atoms with Gasteiger partial charge in [0.1, 0.15) is 12.3 Å². The van der Waals surface area contributed by atoms with Gasteiger partial charge in [-0.2, -0.15) is 0 Å². The lowest BCUT2D eigenvalue weighted by Gasteiger charge is -2.34. The summed E-state index contributed by atoms with van der Waals surface area (Å²) in [5.74, 6) is -1.12. The van der Waals surface area contributed by atoms with Crippen LogP contribution in [0.25, 0.3) is 0 Å². The molecule has 2 heterocycles. The molecule has 3 rings (SSSR count). The maximum atomic E-state index is 12.7. The number of ether oxygens (including phenoxy) is 1. The number of anilines is 1. The SMILES string of the molecule is CC1Oc2ccc(C(=O)O)cc2N(CC(=O)N2CCCCCC2)C1=O. The Kier molecular flexibility index (Phi) is 4.92. The predicted octanol–water partition coefficient (Wildman–Crippen LogP) is 1.90. The van der Waals surface area contributed by atoms with Gasteiger partial charge in [-0.05, 0) is 38.0 Å². The number of fused-ring (bicyclic) bond motifs is 1. The normalized spacial score (nSPS) is 20.5. The Bertz CT molecular complexity index is 695. The van der Waals surface area contributed by atoms with Crippen molar-refractivity contribution >= 4 is 23.5 Å². The van der Waals surface area contributed by atoms with Crippen molar-refractivity contribution in [3.05, 3.63) is 23.8 Å². The number of nitrogens with zero attached hydrogens (tertiary/aromatic N) is 2. The van der Waals surface area contributed by atoms with Gasteiger partial charge in [0.15, 0.2) is 6.10 Å². The molecule has 1 fully saturated rings. The number of aromatic carboxylic acids is 1. The molecule has 0 spiro atoms. The highest BCUT2D eigenvalue weighted by atomic mass is 16.5. The Hall–Kier alpha value is -2.57. The number of carbonyl (C=O) groups excluding carboxylic acids is 2. The molecule has 7 nitrogen and oxygen atoms in total. The van der Waals surface area contributed by atoms with Crippen molar-refractivity contribution in [1.29, 1.82) is 0 Å². The molecular formula is C18H22N2O5. The molecule has 25 heavy (non-hydrogen) atoms. The van der Waals surface area contributed by atoms with Crippen LogP contribution < -0.4 is 9.64 Å². The van der Waals surface area contributed by atoms with Gasteiger partial charge in [0.2, 0.25) is 5.91 Å². The van der Waals surface area contributed by atoms with E-state index in [4.69, 9.17) is 4.74 Å². The third kappa shape index (κ3) is 3.60. The smallest absolute Gasteiger partial charge is 0.335 e. The van der Waals surface area contributed by atoms with Crippen molar-refractivity contribution < 1.29 is 24.2 Å². The number of likely N-dealkylation sites (tertiary alicyclic amines) is 1. The molecule has 1 saturated heterocycles. The van der Waals surface area contributed by atoms with Gasteiger partial charge in [-0.15, -0.1) is 0 Å². The average molecular weight is 346 g/mol. The monoisotopic (exact) mass is 346 g/mol. The number of hydrogen-bond donors (Lipinski definition) is 1. The maximum absolute atomic E-state index is 12.7. The molecule has 0 bridgehead atoms. The minimum atomic E-state index is -1.09. The highest BCUT2D eigenvalue weighted by Crippen LogP contribution is 2.35. The molecule has 0 aliphatic carbocycles. The van der Waals surface area contributed by atoms with Gasteiger partial charge in [0.25, 0.3) is 5.91 Å². The summed E-state index contributed by atoms with van der Waals surface area (Å²) in [4.78, 5) is 39.6. The molecule has 1 aromatic rings. The third-order valence-corrected chi connectivity index (χ3v) is 4.67. The summed E-state index contributed by atoms with van der Waals surface area (Å²) in [6.45, 7) is 2.94. The van der Waals surface area contributed by atoms with Crippen LogP contribution >= 0.6 is 0 Å². The lowest BCUT2D eigenvalue weighted by atomic mass is 10.1. The first-order chi connectivity index (χ1) is 12.0. The number of carbonyl (C=O) groups is 3. The van der Waals surface area contributed by atoms with Crippen molar-refractivity contribution in [2.45, 2.75) is 38.7 Å². The first-order valence-corrected chi connectivity index (χ1v) is 8.60. The Morgan fingerprint density at radius 1 is 1.20 bits per heavy atom. The quantitative estimate of drug-likeness (QED) is 0.903. The summed E-state index contributed by atoms with van der Waals surface area (Å²) in [5, 5.41) is 9.19. The van der Waals surface area contributed by atoms with E-state index in [0.717, 1.165) is 25.7 Å². The van der Waals surface area contributed by atoms with Gasteiger partial charge in [0, 0.05) is 13.1 Å². The van der Waals surface area contributed by atoms with Crippen LogP contribution in [0, 0.1) is 0 Å². The van der Waals surface area contributed by atoms with Crippen molar-refractivity contribution in [2.75, 3.05) is 24.5 Å². The van der Waals surface area contributed by atoms with Gasteiger partial charge in [-0.3, -0.25) is 14.5 Å². The molecule has 1 aromatic carbocycles. The first kappa shape index (κ1) is 17.3. The van der Waals surface area contributed by atoms with E-state index in [9.17, 15) is 19.5 Å². The maximum Gasteiger partial charge on any atom is 0.335 e. The Balaban J connectivity index is 1.86. The van der Waals surface area contributed by atoms with E-state index in [1.165, 1.54) is 23.1 Å². The summed E-state index contributed by atoms with van der Waals surface area (Å²) < 4.78 is 5.55. The highest BCUT2D eigenvalue weighted by Gasteiger charge is 2.34. The molecule has 2 aliphatic heterocycles. The highest BCUT2D eigenvalue weighted by molar-refractivity contribution is 6.04. The fourth-order valence-electron chi connectivity index (χ4n) is 3.26. The van der Waals surface area contributed by atoms with Gasteiger partial charge in [0.05, 0.1) is 11.3 Å². The van der Waals surface area contributed by atoms with Gasteiger partial charge < -0.3 is 14.7 Å². The van der Waals surface area contributed by atoms with E-state index in [0.29, 0.717) is 24.5 Å². The van der Waals surface area contributed by atoms with Crippen LogP contribution in [0.5, 0.6) is 5.75 Å². The summed E-state index contributed by atoms with van der Waals surface area (Å²) in [5.41, 5.74) is 0.392. The molecular weight excluding hydrogens is 324 g/mol. The Labute approximate surface area is 146 Å². The molecule has 2 amide bonds. The van der Waals surface area contributed by atoms with E-state index < -0.39 is 12.1 Å². The Morgan fingerprint density at radius 3 is 2.52 bits per heavy atom. The van der Waals surface area contributed by atoms with Gasteiger partial charge in [-0.1, -0.05) is 12.8 Å². The zero-order chi connectivity index (χ0) is 18.0. The molecule has 1 unspecified atom stereocenters. The standard InChI is InChI=1S/C18H22N2O5/c1-12-17(22)20(11-16(21)19-8-4-2-3-5-9-19)14-10-13(18(23)24)6-7-15(14)25-12/h6-7,10,12H,2-5,8-9,11H2,1H3,(H,23,24). The largest absolute Gasteiger partial charge is 0.479 e. The van der Waals surface area contributed by atoms with Crippen LogP contribution in [-0.2, 0) is 9.59 Å². The van der Waals surface area contributed by atoms with Crippen molar-refractivity contribution in [1.82, 2.24) is 4.90 Å². The van der Waals surface area contributed by atoms with E-state index >= 15 is 0 Å². The molecule has 0 radical (unpaired) electrons. The van der Waals surface area contributed by atoms with Crippen LogP contribution in [0.1, 0.15) is 43.0 Å². The van der Waals surface area contributed by atoms with Crippen LogP contribution in [-0.4, -0.2) is 53.5 Å². The second-order valence-corrected chi connectivity index (χ2v) is 6.47. The minimum absolute atomic E-state index is 0.0527. The van der Waals surface area contributed by atoms with Gasteiger partial charge >= 0.3 is 5.97 Å². The average Bonchev–Trinajstić information content (AvgIpc) is 2.87. The second-order valence-electron chi connectivity index (χ2n) is 6.47. The minimum Gasteiger partial charge on any atom is -0.479 e. The number of carboxylic acid groups (broad SMARTS) is 1. The number of benzene rings is 1. The second kappa shape index (κ2) is 7.13. The number of hydrogen-bond acceptors (Lipinski definition) is 4. The van der Waals surface area contributed by atoms with E-state index in [1.807, 2.05) is 0 Å². The van der Waals surface area contributed by atoms with E-state index in [2.05, 4.69) is 0 Å². The van der Waals surface area contributed by atoms with Crippen LogP contribution in [0.2, 0.25) is 0 Å². The lowest BCUT2D eigenvalue weighted by Crippen LogP contribution is -2.49. The zero-order valence-electron chi connectivity index (χ0n) is 14.2. The fraction of sp³-hybridized carbons (Fsp3) is 0.500. The van der Waals surface area contributed by atoms with Gasteiger partial charge in [-0.25, -0.2) is 4.79 Å². The van der Waals surface area contributed by atoms with Crippen molar-refractivity contribution in [3.63, 3.8) is 0 Å². The molecule has 7 heteroatoms. The first-order valence-electron chi connectivity index (χ1n) is 8.60. The molecule has 134 valence electrons. The fourth-order valence-corrected chi connectivity index (χ4v) is 3.26. The van der Waals surface area contributed by atoms with Crippen LogP contribution in [0.4, 0.5) is 5.69 Å². The molecule has 0 saturated carbocycles. The third-order valence-electron chi connectivity index (χ3n) is 4.67. The van der Waals surface area contributed by atoms with Crippen molar-refractivity contribution in [3.8, 4) is 5.75 Å². The summed E-state index contributed by atoms with van der Waals surface area (Å²) >= 11 is 0.